The summed E-state index contributed by atoms with van der Waals surface area (Å²) in [5.74, 6) is 0.965. The van der Waals surface area contributed by atoms with E-state index in [1.54, 1.807) is 11.6 Å². The molecule has 5 nitrogen and oxygen atoms in total. The van der Waals surface area contributed by atoms with Crippen molar-refractivity contribution in [3.63, 3.8) is 0 Å². The fraction of sp³-hybridized carbons (Fsp3) is 0.615. The number of nitrogens with zero attached hydrogens (tertiary/aromatic N) is 3. The second kappa shape index (κ2) is 3.93. The van der Waals surface area contributed by atoms with E-state index in [9.17, 15) is 4.79 Å². The smallest absolute Gasteiger partial charge is 0.264 e. The number of aromatic nitrogens is 4. The third-order valence-corrected chi connectivity index (χ3v) is 3.05. The molecule has 0 unspecified atom stereocenters. The standard InChI is InChI=1S/C13H20N4O/c1-7(2)9-8-10(16-15-9)14-12(13(3,4)5)17(6)11(8)18/h7H,1-6H3,(H,15,16). The van der Waals surface area contributed by atoms with Crippen molar-refractivity contribution in [1.82, 2.24) is 19.7 Å². The fourth-order valence-corrected chi connectivity index (χ4v) is 2.17. The zero-order valence-corrected chi connectivity index (χ0v) is 11.8. The van der Waals surface area contributed by atoms with Crippen molar-refractivity contribution < 1.29 is 0 Å². The summed E-state index contributed by atoms with van der Waals surface area (Å²) >= 11 is 0. The summed E-state index contributed by atoms with van der Waals surface area (Å²) in [6, 6.07) is 0. The van der Waals surface area contributed by atoms with Gasteiger partial charge in [-0.15, -0.1) is 0 Å². The van der Waals surface area contributed by atoms with E-state index >= 15 is 0 Å². The van der Waals surface area contributed by atoms with Gasteiger partial charge < -0.3 is 0 Å². The van der Waals surface area contributed by atoms with Crippen LogP contribution in [0, 0.1) is 0 Å². The van der Waals surface area contributed by atoms with Gasteiger partial charge in [0.2, 0.25) is 0 Å². The van der Waals surface area contributed by atoms with Crippen molar-refractivity contribution in [1.29, 1.82) is 0 Å². The lowest BCUT2D eigenvalue weighted by atomic mass is 9.95. The lowest BCUT2D eigenvalue weighted by Crippen LogP contribution is -2.29. The Balaban J connectivity index is 2.86. The average Bonchev–Trinajstić information content (AvgIpc) is 2.65. The second-order valence-corrected chi connectivity index (χ2v) is 6.04. The van der Waals surface area contributed by atoms with Crippen molar-refractivity contribution in [2.24, 2.45) is 7.05 Å². The van der Waals surface area contributed by atoms with Gasteiger partial charge in [-0.1, -0.05) is 34.6 Å². The summed E-state index contributed by atoms with van der Waals surface area (Å²) in [5, 5.41) is 7.71. The first-order valence-electron chi connectivity index (χ1n) is 6.19. The minimum Gasteiger partial charge on any atom is -0.299 e. The van der Waals surface area contributed by atoms with Crippen LogP contribution >= 0.6 is 0 Å². The zero-order valence-electron chi connectivity index (χ0n) is 11.8. The Bertz CT molecular complexity index is 643. The number of hydrogen-bond donors (Lipinski definition) is 1. The molecule has 0 fully saturated rings. The van der Waals surface area contributed by atoms with Crippen LogP contribution in [0.3, 0.4) is 0 Å². The molecule has 2 heterocycles. The van der Waals surface area contributed by atoms with Crippen molar-refractivity contribution in [3.05, 3.63) is 21.9 Å². The van der Waals surface area contributed by atoms with Gasteiger partial charge in [0.25, 0.3) is 5.56 Å². The van der Waals surface area contributed by atoms with Gasteiger partial charge in [-0.05, 0) is 5.92 Å². The quantitative estimate of drug-likeness (QED) is 0.840. The first kappa shape index (κ1) is 12.8. The molecule has 0 saturated heterocycles. The van der Waals surface area contributed by atoms with Gasteiger partial charge in [0.05, 0.1) is 5.69 Å². The fourth-order valence-electron chi connectivity index (χ4n) is 2.17. The summed E-state index contributed by atoms with van der Waals surface area (Å²) in [6.45, 7) is 10.2. The van der Waals surface area contributed by atoms with Crippen LogP contribution < -0.4 is 5.56 Å². The molecule has 0 radical (unpaired) electrons. The monoisotopic (exact) mass is 248 g/mol. The van der Waals surface area contributed by atoms with Crippen molar-refractivity contribution in [3.8, 4) is 0 Å². The average molecular weight is 248 g/mol. The third-order valence-electron chi connectivity index (χ3n) is 3.05. The highest BCUT2D eigenvalue weighted by Gasteiger charge is 2.23. The molecule has 2 aromatic rings. The largest absolute Gasteiger partial charge is 0.299 e. The van der Waals surface area contributed by atoms with Crippen molar-refractivity contribution in [2.75, 3.05) is 0 Å². The Hall–Kier alpha value is -1.65. The minimum absolute atomic E-state index is 0.0256. The Morgan fingerprint density at radius 2 is 1.89 bits per heavy atom. The first-order chi connectivity index (χ1) is 8.23. The first-order valence-corrected chi connectivity index (χ1v) is 6.19. The zero-order chi connectivity index (χ0) is 13.7. The lowest BCUT2D eigenvalue weighted by molar-refractivity contribution is 0.509. The molecular weight excluding hydrogens is 228 g/mol. The van der Waals surface area contributed by atoms with Gasteiger partial charge in [0.1, 0.15) is 11.2 Å². The molecule has 98 valence electrons. The molecule has 1 N–H and O–H groups in total. The van der Waals surface area contributed by atoms with Crippen LogP contribution in [0.2, 0.25) is 0 Å². The molecule has 0 atom stereocenters. The molecule has 5 heteroatoms. The molecular formula is C13H20N4O. The number of nitrogens with one attached hydrogen (secondary N) is 1. The van der Waals surface area contributed by atoms with E-state index in [4.69, 9.17) is 0 Å². The summed E-state index contributed by atoms with van der Waals surface area (Å²) < 4.78 is 1.63. The number of rotatable bonds is 1. The lowest BCUT2D eigenvalue weighted by Gasteiger charge is -2.20. The maximum Gasteiger partial charge on any atom is 0.264 e. The van der Waals surface area contributed by atoms with Crippen molar-refractivity contribution in [2.45, 2.75) is 46.0 Å². The van der Waals surface area contributed by atoms with Crippen LogP contribution in [-0.4, -0.2) is 19.7 Å². The van der Waals surface area contributed by atoms with E-state index in [0.717, 1.165) is 11.5 Å². The highest BCUT2D eigenvalue weighted by molar-refractivity contribution is 5.77. The van der Waals surface area contributed by atoms with Gasteiger partial charge in [0, 0.05) is 12.5 Å². The maximum atomic E-state index is 12.4. The van der Waals surface area contributed by atoms with Gasteiger partial charge >= 0.3 is 0 Å². The van der Waals surface area contributed by atoms with Crippen LogP contribution in [0.5, 0.6) is 0 Å². The highest BCUT2D eigenvalue weighted by atomic mass is 16.1. The normalized spacial score (nSPS) is 12.6. The molecule has 0 saturated carbocycles. The Morgan fingerprint density at radius 3 is 2.39 bits per heavy atom. The van der Waals surface area contributed by atoms with E-state index in [1.807, 2.05) is 34.6 Å². The molecule has 0 bridgehead atoms. The molecule has 0 aromatic carbocycles. The molecule has 0 aliphatic rings. The molecule has 0 spiro atoms. The predicted octanol–water partition coefficient (Wildman–Crippen LogP) is 2.08. The molecule has 2 aromatic heterocycles. The van der Waals surface area contributed by atoms with E-state index in [1.165, 1.54) is 0 Å². The van der Waals surface area contributed by atoms with E-state index in [-0.39, 0.29) is 16.9 Å². The highest BCUT2D eigenvalue weighted by Crippen LogP contribution is 2.23. The van der Waals surface area contributed by atoms with Crippen molar-refractivity contribution >= 4 is 11.0 Å². The minimum atomic E-state index is -0.175. The van der Waals surface area contributed by atoms with E-state index in [0.29, 0.717) is 11.0 Å². The number of hydrogen-bond acceptors (Lipinski definition) is 3. The molecule has 0 aliphatic carbocycles. The Morgan fingerprint density at radius 1 is 1.28 bits per heavy atom. The van der Waals surface area contributed by atoms with E-state index < -0.39 is 0 Å². The second-order valence-electron chi connectivity index (χ2n) is 6.04. The summed E-state index contributed by atoms with van der Waals surface area (Å²) in [6.07, 6.45) is 0. The molecule has 2 rings (SSSR count). The molecule has 0 amide bonds. The van der Waals surface area contributed by atoms with Crippen LogP contribution in [0.4, 0.5) is 0 Å². The number of aromatic amines is 1. The summed E-state index contributed by atoms with van der Waals surface area (Å²) in [5.41, 5.74) is 1.18. The van der Waals surface area contributed by atoms with Crippen LogP contribution in [0.15, 0.2) is 4.79 Å². The molecule has 18 heavy (non-hydrogen) atoms. The van der Waals surface area contributed by atoms with Gasteiger partial charge in [-0.2, -0.15) is 5.10 Å². The van der Waals surface area contributed by atoms with Gasteiger partial charge in [0.15, 0.2) is 5.65 Å². The van der Waals surface area contributed by atoms with E-state index in [2.05, 4.69) is 15.2 Å². The topological polar surface area (TPSA) is 63.6 Å². The number of fused-ring (bicyclic) bond motifs is 1. The Labute approximate surface area is 106 Å². The summed E-state index contributed by atoms with van der Waals surface area (Å²) in [7, 11) is 1.77. The van der Waals surface area contributed by atoms with Gasteiger partial charge in [-0.25, -0.2) is 4.98 Å². The third kappa shape index (κ3) is 1.83. The van der Waals surface area contributed by atoms with Crippen LogP contribution in [-0.2, 0) is 12.5 Å². The predicted molar refractivity (Wildman–Crippen MR) is 71.9 cm³/mol. The van der Waals surface area contributed by atoms with Crippen LogP contribution in [0.1, 0.15) is 52.1 Å². The molecule has 0 aliphatic heterocycles. The Kier molecular flexibility index (Phi) is 2.80. The van der Waals surface area contributed by atoms with Crippen LogP contribution in [0.25, 0.3) is 11.0 Å². The number of H-pyrrole nitrogens is 1. The summed E-state index contributed by atoms with van der Waals surface area (Å²) in [4.78, 5) is 17.0. The maximum absolute atomic E-state index is 12.4. The SMILES string of the molecule is CC(C)c1n[nH]c2nc(C(C)(C)C)n(C)c(=O)c12. The van der Waals surface area contributed by atoms with Gasteiger partial charge in [-0.3, -0.25) is 14.5 Å².